The minimum atomic E-state index is -1.61. The van der Waals surface area contributed by atoms with Crippen molar-refractivity contribution in [2.75, 3.05) is 6.61 Å². The van der Waals surface area contributed by atoms with E-state index < -0.39 is 23.8 Å². The molecule has 0 aliphatic carbocycles. The Balaban J connectivity index is 4.02. The van der Waals surface area contributed by atoms with Crippen LogP contribution in [-0.2, 0) is 14.3 Å². The van der Waals surface area contributed by atoms with E-state index in [0.29, 0.717) is 6.42 Å². The molecule has 0 radical (unpaired) electrons. The van der Waals surface area contributed by atoms with Gasteiger partial charge in [0.25, 0.3) is 0 Å². The van der Waals surface area contributed by atoms with Gasteiger partial charge in [-0.2, -0.15) is 0 Å². The molecule has 0 amide bonds. The molecule has 0 saturated carbocycles. The van der Waals surface area contributed by atoms with E-state index in [0.717, 1.165) is 6.92 Å². The average molecular weight is 190 g/mol. The molecule has 3 nitrogen and oxygen atoms in total. The van der Waals surface area contributed by atoms with E-state index in [1.807, 2.05) is 6.92 Å². The summed E-state index contributed by atoms with van der Waals surface area (Å²) in [6, 6.07) is 0. The Morgan fingerprint density at radius 2 is 1.92 bits per heavy atom. The fourth-order valence-corrected chi connectivity index (χ4v) is 0.788. The molecule has 0 aromatic rings. The van der Waals surface area contributed by atoms with Crippen LogP contribution in [-0.4, -0.2) is 24.5 Å². The van der Waals surface area contributed by atoms with Crippen LogP contribution in [0.4, 0.5) is 4.39 Å². The predicted octanol–water partition coefficient (Wildman–Crippen LogP) is 1.50. The van der Waals surface area contributed by atoms with E-state index in [4.69, 9.17) is 4.74 Å². The smallest absolute Gasteiger partial charge is 0.316 e. The van der Waals surface area contributed by atoms with Crippen LogP contribution in [0.3, 0.4) is 0 Å². The zero-order chi connectivity index (χ0) is 10.4. The van der Waals surface area contributed by atoms with E-state index in [1.54, 1.807) is 0 Å². The van der Waals surface area contributed by atoms with E-state index >= 15 is 0 Å². The Morgan fingerprint density at radius 1 is 1.38 bits per heavy atom. The Kier molecular flexibility index (Phi) is 5.26. The molecule has 0 heterocycles. The highest BCUT2D eigenvalue weighted by molar-refractivity contribution is 6.00. The van der Waals surface area contributed by atoms with Crippen LogP contribution in [0.5, 0.6) is 0 Å². The van der Waals surface area contributed by atoms with E-state index in [-0.39, 0.29) is 6.61 Å². The molecular weight excluding hydrogens is 175 g/mol. The summed E-state index contributed by atoms with van der Waals surface area (Å²) in [5.74, 6) is -2.36. The molecule has 0 aliphatic heterocycles. The van der Waals surface area contributed by atoms with Crippen molar-refractivity contribution in [1.29, 1.82) is 0 Å². The number of ketones is 1. The third kappa shape index (κ3) is 4.01. The highest BCUT2D eigenvalue weighted by Crippen LogP contribution is 2.06. The monoisotopic (exact) mass is 190 g/mol. The number of halogens is 1. The quantitative estimate of drug-likeness (QED) is 0.487. The number of Topliss-reactive ketones (excluding diaryl/α,β-unsaturated/α-hetero) is 1. The van der Waals surface area contributed by atoms with Gasteiger partial charge in [0.1, 0.15) is 5.92 Å². The molecule has 4 heteroatoms. The predicted molar refractivity (Wildman–Crippen MR) is 46.0 cm³/mol. The minimum absolute atomic E-state index is 0.275. The van der Waals surface area contributed by atoms with Gasteiger partial charge >= 0.3 is 5.97 Å². The first kappa shape index (κ1) is 12.1. The second kappa shape index (κ2) is 5.67. The number of carbonyl (C=O) groups is 2. The number of esters is 1. The molecule has 0 spiro atoms. The van der Waals surface area contributed by atoms with Crippen molar-refractivity contribution in [3.8, 4) is 0 Å². The number of rotatable bonds is 5. The summed E-state index contributed by atoms with van der Waals surface area (Å²) < 4.78 is 17.2. The molecule has 0 aliphatic rings. The average Bonchev–Trinajstić information content (AvgIpc) is 2.11. The van der Waals surface area contributed by atoms with Crippen molar-refractivity contribution in [1.82, 2.24) is 0 Å². The van der Waals surface area contributed by atoms with Gasteiger partial charge < -0.3 is 4.74 Å². The maximum absolute atomic E-state index is 12.5. The summed E-state index contributed by atoms with van der Waals surface area (Å²) in [4.78, 5) is 22.0. The number of ether oxygens (including phenoxy) is 1. The second-order valence-corrected chi connectivity index (χ2v) is 2.91. The summed E-state index contributed by atoms with van der Waals surface area (Å²) in [6.45, 7) is 4.59. The lowest BCUT2D eigenvalue weighted by Crippen LogP contribution is -2.28. The zero-order valence-corrected chi connectivity index (χ0v) is 8.17. The van der Waals surface area contributed by atoms with Gasteiger partial charge in [0.15, 0.2) is 12.0 Å². The van der Waals surface area contributed by atoms with Crippen LogP contribution in [0, 0.1) is 5.92 Å². The number of alkyl halides is 1. The molecule has 2 unspecified atom stereocenters. The molecule has 0 saturated heterocycles. The van der Waals surface area contributed by atoms with E-state index in [9.17, 15) is 14.0 Å². The summed E-state index contributed by atoms with van der Waals surface area (Å²) in [6.07, 6.45) is -0.915. The molecule has 76 valence electrons. The molecule has 0 rings (SSSR count). The molecule has 0 aromatic carbocycles. The maximum atomic E-state index is 12.5. The van der Waals surface area contributed by atoms with Crippen LogP contribution in [0.25, 0.3) is 0 Å². The van der Waals surface area contributed by atoms with Gasteiger partial charge in [-0.15, -0.1) is 0 Å². The topological polar surface area (TPSA) is 43.4 Å². The van der Waals surface area contributed by atoms with E-state index in [2.05, 4.69) is 0 Å². The summed E-state index contributed by atoms with van der Waals surface area (Å²) >= 11 is 0. The van der Waals surface area contributed by atoms with E-state index in [1.165, 1.54) is 6.92 Å². The van der Waals surface area contributed by atoms with Crippen LogP contribution in [0.1, 0.15) is 27.2 Å². The van der Waals surface area contributed by atoms with Crippen molar-refractivity contribution in [2.24, 2.45) is 5.92 Å². The SMILES string of the molecule is CCCOC(=O)C(C)C(=O)C(C)F. The van der Waals surface area contributed by atoms with Crippen LogP contribution in [0.15, 0.2) is 0 Å². The first-order valence-electron chi connectivity index (χ1n) is 4.35. The fourth-order valence-electron chi connectivity index (χ4n) is 0.788. The summed E-state index contributed by atoms with van der Waals surface area (Å²) in [5.41, 5.74) is 0. The van der Waals surface area contributed by atoms with Gasteiger partial charge in [-0.1, -0.05) is 6.92 Å². The molecule has 0 fully saturated rings. The van der Waals surface area contributed by atoms with Crippen LogP contribution in [0.2, 0.25) is 0 Å². The third-order valence-electron chi connectivity index (χ3n) is 1.62. The molecule has 0 N–H and O–H groups in total. The number of carbonyl (C=O) groups excluding carboxylic acids is 2. The van der Waals surface area contributed by atoms with Crippen molar-refractivity contribution in [2.45, 2.75) is 33.4 Å². The minimum Gasteiger partial charge on any atom is -0.465 e. The lowest BCUT2D eigenvalue weighted by atomic mass is 10.0. The largest absolute Gasteiger partial charge is 0.465 e. The third-order valence-corrected chi connectivity index (χ3v) is 1.62. The summed E-state index contributed by atoms with van der Waals surface area (Å²) in [7, 11) is 0. The molecular formula is C9H15FO3. The van der Waals surface area contributed by atoms with Crippen molar-refractivity contribution in [3.63, 3.8) is 0 Å². The van der Waals surface area contributed by atoms with Gasteiger partial charge in [-0.05, 0) is 20.3 Å². The van der Waals surface area contributed by atoms with Crippen LogP contribution < -0.4 is 0 Å². The molecule has 2 atom stereocenters. The lowest BCUT2D eigenvalue weighted by Gasteiger charge is -2.10. The highest BCUT2D eigenvalue weighted by atomic mass is 19.1. The Hall–Kier alpha value is -0.930. The fraction of sp³-hybridized carbons (Fsp3) is 0.778. The first-order chi connectivity index (χ1) is 6.00. The van der Waals surface area contributed by atoms with Gasteiger partial charge in [0.05, 0.1) is 6.61 Å². The standard InChI is InChI=1S/C9H15FO3/c1-4-5-13-9(12)6(2)8(11)7(3)10/h6-7H,4-5H2,1-3H3. The molecule has 13 heavy (non-hydrogen) atoms. The van der Waals surface area contributed by atoms with Gasteiger partial charge in [0.2, 0.25) is 0 Å². The normalized spacial score (nSPS) is 14.8. The van der Waals surface area contributed by atoms with Gasteiger partial charge in [0, 0.05) is 0 Å². The number of hydrogen-bond donors (Lipinski definition) is 0. The van der Waals surface area contributed by atoms with Crippen molar-refractivity contribution >= 4 is 11.8 Å². The number of hydrogen-bond acceptors (Lipinski definition) is 3. The Morgan fingerprint density at radius 3 is 2.31 bits per heavy atom. The summed E-state index contributed by atoms with van der Waals surface area (Å²) in [5, 5.41) is 0. The van der Waals surface area contributed by atoms with Crippen LogP contribution >= 0.6 is 0 Å². The Labute approximate surface area is 77.3 Å². The second-order valence-electron chi connectivity index (χ2n) is 2.91. The molecule has 0 bridgehead atoms. The molecule has 0 aromatic heterocycles. The highest BCUT2D eigenvalue weighted by Gasteiger charge is 2.26. The van der Waals surface area contributed by atoms with Gasteiger partial charge in [-0.25, -0.2) is 4.39 Å². The first-order valence-corrected chi connectivity index (χ1v) is 4.35. The zero-order valence-electron chi connectivity index (χ0n) is 8.17. The van der Waals surface area contributed by atoms with Gasteiger partial charge in [-0.3, -0.25) is 9.59 Å². The van der Waals surface area contributed by atoms with Crippen molar-refractivity contribution < 1.29 is 18.7 Å². The Bertz CT molecular complexity index is 189. The van der Waals surface area contributed by atoms with Crippen molar-refractivity contribution in [3.05, 3.63) is 0 Å². The maximum Gasteiger partial charge on any atom is 0.316 e. The lowest BCUT2D eigenvalue weighted by molar-refractivity contribution is -0.152.